The lowest BCUT2D eigenvalue weighted by Gasteiger charge is -2.20. The van der Waals surface area contributed by atoms with Crippen molar-refractivity contribution in [3.63, 3.8) is 0 Å². The van der Waals surface area contributed by atoms with Crippen molar-refractivity contribution in [2.24, 2.45) is 5.16 Å². The number of aromatic nitrogens is 2. The van der Waals surface area contributed by atoms with Crippen molar-refractivity contribution >= 4 is 11.5 Å². The van der Waals surface area contributed by atoms with Gasteiger partial charge in [-0.15, -0.1) is 5.10 Å². The molecule has 0 amide bonds. The Morgan fingerprint density at radius 1 is 1.30 bits per heavy atom. The molecule has 0 fully saturated rings. The second-order valence-corrected chi connectivity index (χ2v) is 4.11. The zero-order valence-electron chi connectivity index (χ0n) is 10.3. The van der Waals surface area contributed by atoms with Crippen LogP contribution in [0.15, 0.2) is 29.6 Å². The number of carbonyl (C=O) groups excluding carboxylic acids is 1. The first-order valence-corrected chi connectivity index (χ1v) is 5.64. The van der Waals surface area contributed by atoms with Gasteiger partial charge in [0, 0.05) is 16.7 Å². The fraction of sp³-hybridized carbons (Fsp3) is 0.0769. The molecule has 6 nitrogen and oxygen atoms in total. The smallest absolute Gasteiger partial charge is 0.241 e. The summed E-state index contributed by atoms with van der Waals surface area (Å²) in [7, 11) is 1.38. The third-order valence-electron chi connectivity index (χ3n) is 3.08. The average molecular weight is 273 g/mol. The third kappa shape index (κ3) is 1.56. The van der Waals surface area contributed by atoms with E-state index in [-0.39, 0.29) is 22.7 Å². The Kier molecular flexibility index (Phi) is 2.67. The molecule has 20 heavy (non-hydrogen) atoms. The van der Waals surface area contributed by atoms with Gasteiger partial charge in [-0.1, -0.05) is 5.16 Å². The van der Waals surface area contributed by atoms with E-state index in [2.05, 4.69) is 15.4 Å². The highest BCUT2D eigenvalue weighted by molar-refractivity contribution is 6.54. The minimum Gasteiger partial charge on any atom is -0.479 e. The van der Waals surface area contributed by atoms with E-state index in [0.717, 1.165) is 6.07 Å². The maximum Gasteiger partial charge on any atom is 0.241 e. The van der Waals surface area contributed by atoms with Crippen LogP contribution in [0.4, 0.5) is 4.39 Å². The molecule has 1 aromatic carbocycles. The lowest BCUT2D eigenvalue weighted by molar-refractivity contribution is 0.106. The van der Waals surface area contributed by atoms with Crippen LogP contribution < -0.4 is 4.74 Å². The quantitative estimate of drug-likeness (QED) is 0.631. The molecule has 1 aliphatic rings. The van der Waals surface area contributed by atoms with Crippen LogP contribution in [0.3, 0.4) is 0 Å². The van der Waals surface area contributed by atoms with E-state index in [9.17, 15) is 9.18 Å². The summed E-state index contributed by atoms with van der Waals surface area (Å²) >= 11 is 0. The van der Waals surface area contributed by atoms with Gasteiger partial charge in [0.2, 0.25) is 11.7 Å². The normalized spacial score (nSPS) is 14.9. The Morgan fingerprint density at radius 3 is 2.80 bits per heavy atom. The van der Waals surface area contributed by atoms with Crippen molar-refractivity contribution in [1.29, 1.82) is 0 Å². The molecule has 7 heteroatoms. The largest absolute Gasteiger partial charge is 0.479 e. The monoisotopic (exact) mass is 273 g/mol. The van der Waals surface area contributed by atoms with Gasteiger partial charge in [0.05, 0.1) is 18.9 Å². The lowest BCUT2D eigenvalue weighted by atomic mass is 9.85. The molecule has 1 N–H and O–H groups in total. The minimum absolute atomic E-state index is 0.128. The molecule has 2 aromatic rings. The highest BCUT2D eigenvalue weighted by atomic mass is 19.1. The molecular formula is C13H8FN3O3. The number of halogens is 1. The van der Waals surface area contributed by atoms with Crippen LogP contribution in [0.2, 0.25) is 0 Å². The van der Waals surface area contributed by atoms with Crippen molar-refractivity contribution < 1.29 is 19.1 Å². The number of benzene rings is 1. The van der Waals surface area contributed by atoms with Gasteiger partial charge in [0.1, 0.15) is 5.82 Å². The molecule has 0 radical (unpaired) electrons. The first-order chi connectivity index (χ1) is 9.67. The van der Waals surface area contributed by atoms with E-state index in [0.29, 0.717) is 11.1 Å². The van der Waals surface area contributed by atoms with Crippen molar-refractivity contribution in [3.05, 3.63) is 41.3 Å². The number of Topliss-reactive ketones (excluding diaryl/α,β-unsaturated/α-hetero) is 1. The van der Waals surface area contributed by atoms with Gasteiger partial charge in [0.25, 0.3) is 0 Å². The molecule has 0 atom stereocenters. The standard InChI is InChI=1S/C13H8FN3O3/c1-20-13-10-8-4-6(14)2-3-7(8)12(18)11(17-19)9(10)5-15-16-13/h2-5,19H,1H3. The first-order valence-electron chi connectivity index (χ1n) is 5.64. The number of ether oxygens (including phenoxy) is 1. The highest BCUT2D eigenvalue weighted by Crippen LogP contribution is 2.38. The van der Waals surface area contributed by atoms with Crippen LogP contribution >= 0.6 is 0 Å². The molecule has 0 saturated carbocycles. The fourth-order valence-corrected chi connectivity index (χ4v) is 2.22. The number of hydrogen-bond acceptors (Lipinski definition) is 6. The Bertz CT molecular complexity index is 759. The summed E-state index contributed by atoms with van der Waals surface area (Å²) in [6, 6.07) is 3.71. The van der Waals surface area contributed by atoms with E-state index in [4.69, 9.17) is 9.94 Å². The van der Waals surface area contributed by atoms with Crippen molar-refractivity contribution in [1.82, 2.24) is 10.2 Å². The minimum atomic E-state index is -0.509. The summed E-state index contributed by atoms with van der Waals surface area (Å²) in [5, 5.41) is 19.5. The van der Waals surface area contributed by atoms with E-state index in [1.165, 1.54) is 25.4 Å². The lowest BCUT2D eigenvalue weighted by Crippen LogP contribution is -2.23. The second-order valence-electron chi connectivity index (χ2n) is 4.11. The van der Waals surface area contributed by atoms with Gasteiger partial charge in [-0.3, -0.25) is 4.79 Å². The van der Waals surface area contributed by atoms with Gasteiger partial charge >= 0.3 is 0 Å². The van der Waals surface area contributed by atoms with Crippen molar-refractivity contribution in [3.8, 4) is 17.0 Å². The molecule has 0 spiro atoms. The molecule has 0 saturated heterocycles. The van der Waals surface area contributed by atoms with Gasteiger partial charge in [-0.2, -0.15) is 5.10 Å². The summed E-state index contributed by atoms with van der Waals surface area (Å²) in [6.07, 6.45) is 1.28. The maximum atomic E-state index is 13.5. The van der Waals surface area contributed by atoms with Crippen LogP contribution in [0, 0.1) is 5.82 Å². The number of methoxy groups -OCH3 is 1. The average Bonchev–Trinajstić information content (AvgIpc) is 2.47. The van der Waals surface area contributed by atoms with E-state index >= 15 is 0 Å². The topological polar surface area (TPSA) is 84.7 Å². The maximum absolute atomic E-state index is 13.5. The third-order valence-corrected chi connectivity index (χ3v) is 3.08. The van der Waals surface area contributed by atoms with Crippen molar-refractivity contribution in [2.75, 3.05) is 7.11 Å². The van der Waals surface area contributed by atoms with Gasteiger partial charge in [-0.05, 0) is 18.2 Å². The Morgan fingerprint density at radius 2 is 2.10 bits per heavy atom. The number of rotatable bonds is 1. The number of ketones is 1. The zero-order valence-corrected chi connectivity index (χ0v) is 10.3. The van der Waals surface area contributed by atoms with Gasteiger partial charge in [0.15, 0.2) is 5.71 Å². The molecule has 100 valence electrons. The summed E-state index contributed by atoms with van der Waals surface area (Å²) < 4.78 is 18.6. The van der Waals surface area contributed by atoms with E-state index in [1.54, 1.807) is 0 Å². The number of nitrogens with zero attached hydrogens (tertiary/aromatic N) is 3. The van der Waals surface area contributed by atoms with Crippen LogP contribution in [-0.4, -0.2) is 34.0 Å². The summed E-state index contributed by atoms with van der Waals surface area (Å²) in [4.78, 5) is 12.2. The van der Waals surface area contributed by atoms with Crippen LogP contribution in [0.1, 0.15) is 15.9 Å². The Balaban J connectivity index is 2.44. The van der Waals surface area contributed by atoms with Crippen molar-refractivity contribution in [2.45, 2.75) is 0 Å². The van der Waals surface area contributed by atoms with E-state index in [1.807, 2.05) is 0 Å². The number of hydrogen-bond donors (Lipinski definition) is 1. The number of fused-ring (bicyclic) bond motifs is 3. The number of oxime groups is 1. The fourth-order valence-electron chi connectivity index (χ4n) is 2.22. The molecule has 0 aliphatic heterocycles. The molecular weight excluding hydrogens is 265 g/mol. The second kappa shape index (κ2) is 4.37. The Labute approximate surface area is 112 Å². The van der Waals surface area contributed by atoms with Gasteiger partial charge < -0.3 is 9.94 Å². The first kappa shape index (κ1) is 12.2. The molecule has 1 aromatic heterocycles. The summed E-state index contributed by atoms with van der Waals surface area (Å²) in [5.41, 5.74) is 1.02. The molecule has 3 rings (SSSR count). The SMILES string of the molecule is COc1nncc2c1-c1cc(F)ccc1C(=O)C2=NO. The summed E-state index contributed by atoms with van der Waals surface area (Å²) in [6.45, 7) is 0. The predicted molar refractivity (Wildman–Crippen MR) is 66.6 cm³/mol. The number of carbonyl (C=O) groups is 1. The molecule has 1 heterocycles. The van der Waals surface area contributed by atoms with Crippen LogP contribution in [0.5, 0.6) is 5.88 Å². The molecule has 0 bridgehead atoms. The zero-order chi connectivity index (χ0) is 14.3. The van der Waals surface area contributed by atoms with E-state index < -0.39 is 11.6 Å². The van der Waals surface area contributed by atoms with Crippen LogP contribution in [-0.2, 0) is 0 Å². The van der Waals surface area contributed by atoms with Gasteiger partial charge in [-0.25, -0.2) is 4.39 Å². The molecule has 0 unspecified atom stereocenters. The molecule has 1 aliphatic carbocycles. The van der Waals surface area contributed by atoms with Crippen LogP contribution in [0.25, 0.3) is 11.1 Å². The highest BCUT2D eigenvalue weighted by Gasteiger charge is 2.32. The Hall–Kier alpha value is -2.83. The predicted octanol–water partition coefficient (Wildman–Crippen LogP) is 1.67. The summed E-state index contributed by atoms with van der Waals surface area (Å²) in [5.74, 6) is -0.876.